The predicted octanol–water partition coefficient (Wildman–Crippen LogP) is 2.18. The fourth-order valence-corrected chi connectivity index (χ4v) is 2.27. The molecular weight excluding hydrogens is 252 g/mol. The van der Waals surface area contributed by atoms with E-state index in [2.05, 4.69) is 4.98 Å². The first-order valence-electron chi connectivity index (χ1n) is 6.74. The lowest BCUT2D eigenvalue weighted by Crippen LogP contribution is -2.23. The quantitative estimate of drug-likeness (QED) is 0.748. The average Bonchev–Trinajstić information content (AvgIpc) is 2.51. The van der Waals surface area contributed by atoms with Crippen molar-refractivity contribution in [2.75, 3.05) is 0 Å². The van der Waals surface area contributed by atoms with Crippen LogP contribution in [-0.4, -0.2) is 15.1 Å². The van der Waals surface area contributed by atoms with Crippen LogP contribution < -0.4 is 5.56 Å². The van der Waals surface area contributed by atoms with Gasteiger partial charge in [0.15, 0.2) is 1.41 Å². The van der Waals surface area contributed by atoms with Gasteiger partial charge in [0.1, 0.15) is 5.60 Å². The minimum Gasteiger partial charge on any atom is -0.381 e. The molecule has 2 N–H and O–H groups in total. The van der Waals surface area contributed by atoms with Gasteiger partial charge in [-0.15, -0.1) is 0 Å². The van der Waals surface area contributed by atoms with Crippen molar-refractivity contribution in [3.63, 3.8) is 0 Å². The molecule has 4 nitrogen and oxygen atoms in total. The number of hydrogen-bond acceptors (Lipinski definition) is 3. The van der Waals surface area contributed by atoms with Gasteiger partial charge in [0, 0.05) is 0 Å². The van der Waals surface area contributed by atoms with E-state index in [9.17, 15) is 9.90 Å². The van der Waals surface area contributed by atoms with Gasteiger partial charge in [-0.3, -0.25) is 4.79 Å². The van der Waals surface area contributed by atoms with Crippen molar-refractivity contribution in [2.24, 2.45) is 0 Å². The predicted molar refractivity (Wildman–Crippen MR) is 77.5 cm³/mol. The molecule has 4 heteroatoms. The minimum absolute atomic E-state index is 0.321. The number of nitrogens with zero attached hydrogens (tertiary/aromatic N) is 1. The molecule has 0 radical (unpaired) electrons. The van der Waals surface area contributed by atoms with Crippen LogP contribution in [0.2, 0.25) is 1.41 Å². The van der Waals surface area contributed by atoms with Gasteiger partial charge in [0.2, 0.25) is 0 Å². The number of aliphatic hydroxyl groups is 1. The monoisotopic (exact) mass is 267 g/mol. The van der Waals surface area contributed by atoms with E-state index in [1.54, 1.807) is 25.1 Å². The molecule has 20 heavy (non-hydrogen) atoms. The number of rotatable bonds is 2. The summed E-state index contributed by atoms with van der Waals surface area (Å²) in [6.45, 7) is 1.68. The third-order valence-electron chi connectivity index (χ3n) is 3.50. The Morgan fingerprint density at radius 1 is 1.20 bits per heavy atom. The number of fused-ring (bicyclic) bond motifs is 1. The Bertz CT molecular complexity index is 857. The van der Waals surface area contributed by atoms with E-state index in [0.717, 1.165) is 5.56 Å². The molecule has 0 aliphatic heterocycles. The zero-order valence-electron chi connectivity index (χ0n) is 11.9. The maximum absolute atomic E-state index is 12.0. The van der Waals surface area contributed by atoms with Gasteiger partial charge < -0.3 is 10.1 Å². The van der Waals surface area contributed by atoms with Crippen molar-refractivity contribution in [1.82, 2.24) is 9.96 Å². The molecule has 0 amide bonds. The van der Waals surface area contributed by atoms with Crippen LogP contribution in [-0.2, 0) is 5.60 Å². The Hall–Kier alpha value is -2.46. The van der Waals surface area contributed by atoms with Crippen LogP contribution in [0, 0.1) is 0 Å². The van der Waals surface area contributed by atoms with Gasteiger partial charge in [0.25, 0.3) is 5.56 Å². The summed E-state index contributed by atoms with van der Waals surface area (Å²) in [4.78, 5) is 16.7. The highest BCUT2D eigenvalue weighted by atomic mass is 16.3. The molecule has 0 fully saturated rings. The van der Waals surface area contributed by atoms with Gasteiger partial charge in [-0.05, 0) is 30.2 Å². The second kappa shape index (κ2) is 4.58. The molecule has 0 spiro atoms. The maximum Gasteiger partial charge on any atom is 0.258 e. The summed E-state index contributed by atoms with van der Waals surface area (Å²) in [5, 5.41) is 11.1. The Morgan fingerprint density at radius 3 is 2.70 bits per heavy atom. The molecule has 0 aliphatic carbocycles. The number of H-pyrrole nitrogens is 1. The van der Waals surface area contributed by atoms with E-state index in [0.29, 0.717) is 21.4 Å². The third kappa shape index (κ3) is 2.00. The number of nitrogens with one attached hydrogen (secondary N) is 1. The summed E-state index contributed by atoms with van der Waals surface area (Å²) in [7, 11) is 0. The molecule has 0 saturated heterocycles. The summed E-state index contributed by atoms with van der Waals surface area (Å²) >= 11 is 0. The average molecular weight is 267 g/mol. The first-order chi connectivity index (χ1) is 10.00. The van der Waals surface area contributed by atoms with E-state index in [-0.39, 0.29) is 0 Å². The molecule has 3 rings (SSSR count). The second-order valence-corrected chi connectivity index (χ2v) is 4.85. The summed E-state index contributed by atoms with van der Waals surface area (Å²) < 4.78 is 7.47. The maximum atomic E-state index is 12.0. The lowest BCUT2D eigenvalue weighted by atomic mass is 9.88. The Morgan fingerprint density at radius 2 is 1.95 bits per heavy atom. The summed E-state index contributed by atoms with van der Waals surface area (Å²) in [6.07, 6.45) is 1.17. The van der Waals surface area contributed by atoms with E-state index < -0.39 is 11.2 Å². The highest BCUT2D eigenvalue weighted by molar-refractivity contribution is 5.78. The van der Waals surface area contributed by atoms with Crippen LogP contribution in [0.4, 0.5) is 0 Å². The van der Waals surface area contributed by atoms with Crippen LogP contribution >= 0.6 is 0 Å². The normalized spacial score (nSPS) is 14.8. The van der Waals surface area contributed by atoms with Gasteiger partial charge in [-0.2, -0.15) is 0 Å². The lowest BCUT2D eigenvalue weighted by molar-refractivity contribution is 0.102. The van der Waals surface area contributed by atoms with Crippen LogP contribution in [0.5, 0.6) is 0 Å². The Kier molecular flexibility index (Phi) is 2.60. The van der Waals surface area contributed by atoms with E-state index in [4.69, 9.17) is 1.41 Å². The van der Waals surface area contributed by atoms with Crippen molar-refractivity contribution in [2.45, 2.75) is 12.5 Å². The largest absolute Gasteiger partial charge is 0.381 e. The van der Waals surface area contributed by atoms with Crippen molar-refractivity contribution >= 4 is 10.9 Å². The van der Waals surface area contributed by atoms with Gasteiger partial charge in [-0.25, -0.2) is 4.98 Å². The van der Waals surface area contributed by atoms with Gasteiger partial charge in [0.05, 0.1) is 17.2 Å². The summed E-state index contributed by atoms with van der Waals surface area (Å²) in [5.74, 6) is 0. The molecule has 100 valence electrons. The molecule has 3 aromatic rings. The van der Waals surface area contributed by atoms with Crippen molar-refractivity contribution < 1.29 is 6.52 Å². The molecule has 1 heterocycles. The fraction of sp³-hybridized carbons (Fsp3) is 0.125. The topological polar surface area (TPSA) is 66.0 Å². The van der Waals surface area contributed by atoms with Crippen LogP contribution in [0.25, 0.3) is 10.9 Å². The molecule has 0 saturated carbocycles. The lowest BCUT2D eigenvalue weighted by Gasteiger charge is -2.24. The number of aromatic nitrogens is 2. The zero-order chi connectivity index (χ0) is 15.0. The number of hydrogen-bond donors (Lipinski definition) is 2. The summed E-state index contributed by atoms with van der Waals surface area (Å²) in [5.41, 5.74) is 0.164. The standard InChI is InChI=1S/C16H14N2O2/c1-16(20,11-5-3-2-4-6-11)12-7-8-14-13(9-12)15(19)18-10-17-14/h2-10,20H,1H3,(H,17,18,19)/i/hD. The van der Waals surface area contributed by atoms with E-state index in [1.165, 1.54) is 6.33 Å². The Labute approximate surface area is 117 Å². The number of benzene rings is 2. The van der Waals surface area contributed by atoms with Gasteiger partial charge >= 0.3 is 0 Å². The zero-order valence-corrected chi connectivity index (χ0v) is 10.9. The van der Waals surface area contributed by atoms with E-state index >= 15 is 0 Å². The fourth-order valence-electron chi connectivity index (χ4n) is 2.27. The first kappa shape index (κ1) is 11.4. The Balaban J connectivity index is 2.21. The van der Waals surface area contributed by atoms with Gasteiger partial charge in [-0.1, -0.05) is 36.4 Å². The molecule has 1 unspecified atom stereocenters. The SMILES string of the molecule is [2H]n1cnc2ccc(C(C)(O)c3ccccc3)cc2c1=O. The van der Waals surface area contributed by atoms with Crippen molar-refractivity contribution in [3.8, 4) is 0 Å². The summed E-state index contributed by atoms with van der Waals surface area (Å²) in [6, 6.07) is 14.3. The van der Waals surface area contributed by atoms with Crippen LogP contribution in [0.15, 0.2) is 59.7 Å². The smallest absolute Gasteiger partial charge is 0.258 e. The molecule has 2 aromatic carbocycles. The first-order valence-corrected chi connectivity index (χ1v) is 6.29. The van der Waals surface area contributed by atoms with E-state index in [1.807, 2.05) is 30.3 Å². The molecule has 1 atom stereocenters. The molecular formula is C16H14N2O2. The highest BCUT2D eigenvalue weighted by Crippen LogP contribution is 2.29. The van der Waals surface area contributed by atoms with Crippen molar-refractivity contribution in [1.29, 1.82) is 0 Å². The van der Waals surface area contributed by atoms with Crippen molar-refractivity contribution in [3.05, 3.63) is 76.3 Å². The van der Waals surface area contributed by atoms with Crippen LogP contribution in [0.1, 0.15) is 18.1 Å². The highest BCUT2D eigenvalue weighted by Gasteiger charge is 2.25. The number of aromatic amines is 1. The second-order valence-electron chi connectivity index (χ2n) is 4.85. The molecule has 0 aliphatic rings. The third-order valence-corrected chi connectivity index (χ3v) is 3.50. The minimum atomic E-state index is -1.22. The molecule has 0 bridgehead atoms. The van der Waals surface area contributed by atoms with Crippen LogP contribution in [0.3, 0.4) is 0 Å². The molecule has 1 aromatic heterocycles.